The van der Waals surface area contributed by atoms with E-state index in [0.29, 0.717) is 19.3 Å². The van der Waals surface area contributed by atoms with E-state index in [1.54, 1.807) is 0 Å². The second kappa shape index (κ2) is 53.7. The first kappa shape index (κ1) is 62.1. The first-order valence-corrected chi connectivity index (χ1v) is 27.0. The maximum atomic E-state index is 12.8. The molecule has 0 amide bonds. The van der Waals surface area contributed by atoms with Crippen molar-refractivity contribution in [1.82, 2.24) is 0 Å². The molecule has 0 aromatic rings. The molecule has 374 valence electrons. The van der Waals surface area contributed by atoms with Crippen molar-refractivity contribution < 1.29 is 28.6 Å². The molecule has 0 rings (SSSR count). The van der Waals surface area contributed by atoms with Crippen LogP contribution in [0.15, 0.2) is 109 Å². The summed E-state index contributed by atoms with van der Waals surface area (Å²) in [7, 11) is 0. The molecule has 0 aliphatic carbocycles. The van der Waals surface area contributed by atoms with Crippen molar-refractivity contribution >= 4 is 17.9 Å². The van der Waals surface area contributed by atoms with Crippen LogP contribution >= 0.6 is 0 Å². The van der Waals surface area contributed by atoms with Gasteiger partial charge >= 0.3 is 17.9 Å². The molecule has 1 atom stereocenters. The Morgan fingerprint density at radius 1 is 0.333 bits per heavy atom. The highest BCUT2D eigenvalue weighted by atomic mass is 16.6. The smallest absolute Gasteiger partial charge is 0.306 e. The predicted molar refractivity (Wildman–Crippen MR) is 283 cm³/mol. The van der Waals surface area contributed by atoms with Crippen molar-refractivity contribution in [3.05, 3.63) is 109 Å². The number of esters is 3. The van der Waals surface area contributed by atoms with Crippen LogP contribution in [0.2, 0.25) is 0 Å². The SMILES string of the molecule is CC/C=C/C=C/C=C/C=C/CCCCCC(=O)OCC(COC(=O)CCCCCCC/C=C/C=C/CCCCCCCCC)OC(=O)CCC/C=C/C/C=C/C/C=C/CCCCCCCC. The summed E-state index contributed by atoms with van der Waals surface area (Å²) >= 11 is 0. The number of hydrogen-bond donors (Lipinski definition) is 0. The molecular weight excluding hydrogens is 817 g/mol. The summed E-state index contributed by atoms with van der Waals surface area (Å²) in [5.74, 6) is -1.03. The lowest BCUT2D eigenvalue weighted by Crippen LogP contribution is -2.30. The average Bonchev–Trinajstić information content (AvgIpc) is 3.31. The fourth-order valence-corrected chi connectivity index (χ4v) is 7.05. The standard InChI is InChI=1S/C60H98O6/c1-4-7-10-13-16-19-22-25-27-29-31-32-35-38-41-44-47-50-53-59(62)65-56-57(55-64-58(61)52-49-46-43-40-37-34-24-21-18-15-12-9-6-3)66-60(63)54-51-48-45-42-39-36-33-30-28-26-23-20-17-14-11-8-5-2/h9,12,15,18,21,24,26-29,31-34,36-37,42,45,57H,4-8,10-11,13-14,16-17,19-20,22-23,25,30,35,38-41,43-44,46-56H2,1-3H3/b12-9+,18-15+,24-21+,28-26+,29-27+,32-31+,36-33+,37-34+,45-42+. The summed E-state index contributed by atoms with van der Waals surface area (Å²) in [6, 6.07) is 0. The van der Waals surface area contributed by atoms with Gasteiger partial charge in [-0.2, -0.15) is 0 Å². The van der Waals surface area contributed by atoms with E-state index >= 15 is 0 Å². The van der Waals surface area contributed by atoms with Crippen LogP contribution in [0.4, 0.5) is 0 Å². The molecule has 6 nitrogen and oxygen atoms in total. The topological polar surface area (TPSA) is 78.9 Å². The number of rotatable bonds is 47. The minimum Gasteiger partial charge on any atom is -0.462 e. The Morgan fingerprint density at radius 2 is 0.667 bits per heavy atom. The first-order valence-electron chi connectivity index (χ1n) is 27.0. The van der Waals surface area contributed by atoms with E-state index in [9.17, 15) is 14.4 Å². The Hall–Kier alpha value is -3.93. The van der Waals surface area contributed by atoms with Gasteiger partial charge in [0.05, 0.1) is 0 Å². The molecule has 0 heterocycles. The van der Waals surface area contributed by atoms with Gasteiger partial charge in [0, 0.05) is 19.3 Å². The molecule has 0 N–H and O–H groups in total. The highest BCUT2D eigenvalue weighted by Gasteiger charge is 2.19. The fourth-order valence-electron chi connectivity index (χ4n) is 7.05. The third-order valence-electron chi connectivity index (χ3n) is 11.1. The molecule has 0 aromatic carbocycles. The summed E-state index contributed by atoms with van der Waals surface area (Å²) in [6.07, 6.45) is 72.3. The molecule has 6 heteroatoms. The van der Waals surface area contributed by atoms with E-state index in [2.05, 4.69) is 93.7 Å². The van der Waals surface area contributed by atoms with Crippen molar-refractivity contribution in [3.8, 4) is 0 Å². The Balaban J connectivity index is 4.54. The maximum absolute atomic E-state index is 12.8. The molecule has 0 bridgehead atoms. The molecule has 0 spiro atoms. The molecule has 0 radical (unpaired) electrons. The lowest BCUT2D eigenvalue weighted by molar-refractivity contribution is -0.167. The van der Waals surface area contributed by atoms with Gasteiger partial charge in [-0.1, -0.05) is 226 Å². The number of allylic oxidation sites excluding steroid dienone is 18. The molecule has 0 aliphatic rings. The summed E-state index contributed by atoms with van der Waals surface area (Å²) in [4.78, 5) is 38.0. The second-order valence-electron chi connectivity index (χ2n) is 17.5. The Morgan fingerprint density at radius 3 is 1.14 bits per heavy atom. The molecule has 0 aromatic heterocycles. The Labute approximate surface area is 406 Å². The van der Waals surface area contributed by atoms with Crippen LogP contribution in [0.25, 0.3) is 0 Å². The highest BCUT2D eigenvalue weighted by Crippen LogP contribution is 2.12. The number of carbonyl (C=O) groups is 3. The van der Waals surface area contributed by atoms with Crippen LogP contribution in [-0.2, 0) is 28.6 Å². The van der Waals surface area contributed by atoms with Crippen LogP contribution in [0.1, 0.15) is 233 Å². The maximum Gasteiger partial charge on any atom is 0.306 e. The fraction of sp³-hybridized carbons (Fsp3) is 0.650. The first-order chi connectivity index (χ1) is 32.5. The minimum absolute atomic E-state index is 0.121. The van der Waals surface area contributed by atoms with Gasteiger partial charge in [0.1, 0.15) is 13.2 Å². The van der Waals surface area contributed by atoms with Gasteiger partial charge in [-0.15, -0.1) is 0 Å². The number of ether oxygens (including phenoxy) is 3. The Kier molecular flexibility index (Phi) is 50.5. The van der Waals surface area contributed by atoms with E-state index in [-0.39, 0.29) is 37.5 Å². The quantitative estimate of drug-likeness (QED) is 0.0199. The zero-order valence-corrected chi connectivity index (χ0v) is 42.7. The van der Waals surface area contributed by atoms with Gasteiger partial charge < -0.3 is 14.2 Å². The molecule has 0 saturated heterocycles. The largest absolute Gasteiger partial charge is 0.462 e. The molecule has 0 fully saturated rings. The summed E-state index contributed by atoms with van der Waals surface area (Å²) < 4.78 is 16.7. The summed E-state index contributed by atoms with van der Waals surface area (Å²) in [5.41, 5.74) is 0. The number of hydrogen-bond acceptors (Lipinski definition) is 6. The lowest BCUT2D eigenvalue weighted by Gasteiger charge is -2.18. The van der Waals surface area contributed by atoms with Gasteiger partial charge in [0.15, 0.2) is 6.10 Å². The lowest BCUT2D eigenvalue weighted by atomic mass is 10.1. The van der Waals surface area contributed by atoms with Crippen molar-refractivity contribution in [3.63, 3.8) is 0 Å². The van der Waals surface area contributed by atoms with Gasteiger partial charge in [-0.05, 0) is 96.3 Å². The van der Waals surface area contributed by atoms with E-state index < -0.39 is 6.10 Å². The van der Waals surface area contributed by atoms with Crippen molar-refractivity contribution in [2.45, 2.75) is 239 Å². The van der Waals surface area contributed by atoms with Crippen molar-refractivity contribution in [1.29, 1.82) is 0 Å². The normalized spacial score (nSPS) is 13.0. The third-order valence-corrected chi connectivity index (χ3v) is 11.1. The molecule has 0 aliphatic heterocycles. The van der Waals surface area contributed by atoms with Crippen molar-refractivity contribution in [2.75, 3.05) is 13.2 Å². The second-order valence-corrected chi connectivity index (χ2v) is 17.5. The Bertz CT molecular complexity index is 1370. The van der Waals surface area contributed by atoms with E-state index in [1.807, 2.05) is 36.5 Å². The average molecular weight is 915 g/mol. The van der Waals surface area contributed by atoms with Gasteiger partial charge in [-0.25, -0.2) is 0 Å². The third kappa shape index (κ3) is 51.1. The monoisotopic (exact) mass is 915 g/mol. The van der Waals surface area contributed by atoms with Crippen molar-refractivity contribution in [2.24, 2.45) is 0 Å². The van der Waals surface area contributed by atoms with Crippen LogP contribution in [-0.4, -0.2) is 37.2 Å². The van der Waals surface area contributed by atoms with Crippen LogP contribution < -0.4 is 0 Å². The number of unbranched alkanes of at least 4 members (excludes halogenated alkanes) is 22. The molecule has 0 saturated carbocycles. The summed E-state index contributed by atoms with van der Waals surface area (Å²) in [5, 5.41) is 0. The van der Waals surface area contributed by atoms with E-state index in [1.165, 1.54) is 96.3 Å². The minimum atomic E-state index is -0.829. The highest BCUT2D eigenvalue weighted by molar-refractivity contribution is 5.71. The van der Waals surface area contributed by atoms with Gasteiger partial charge in [0.25, 0.3) is 0 Å². The zero-order valence-electron chi connectivity index (χ0n) is 42.7. The van der Waals surface area contributed by atoms with E-state index in [4.69, 9.17) is 14.2 Å². The molecule has 1 unspecified atom stereocenters. The summed E-state index contributed by atoms with van der Waals surface area (Å²) in [6.45, 7) is 6.39. The number of carbonyl (C=O) groups excluding carboxylic acids is 3. The van der Waals surface area contributed by atoms with E-state index in [0.717, 1.165) is 89.9 Å². The van der Waals surface area contributed by atoms with Gasteiger partial charge in [-0.3, -0.25) is 14.4 Å². The van der Waals surface area contributed by atoms with Gasteiger partial charge in [0.2, 0.25) is 0 Å². The molecule has 66 heavy (non-hydrogen) atoms. The molecular formula is C60H98O6. The van der Waals surface area contributed by atoms with Crippen LogP contribution in [0.3, 0.4) is 0 Å². The van der Waals surface area contributed by atoms with Crippen LogP contribution in [0, 0.1) is 0 Å². The zero-order chi connectivity index (χ0) is 47.9. The van der Waals surface area contributed by atoms with Crippen LogP contribution in [0.5, 0.6) is 0 Å². The predicted octanol–water partition coefficient (Wildman–Crippen LogP) is 17.9.